The predicted molar refractivity (Wildman–Crippen MR) is 309 cm³/mol. The quantitative estimate of drug-likeness (QED) is 0.0239. The van der Waals surface area contributed by atoms with E-state index in [0.29, 0.717) is 152 Å². The fourth-order valence-corrected chi connectivity index (χ4v) is 9.67. The van der Waals surface area contributed by atoms with E-state index < -0.39 is 53.2 Å². The van der Waals surface area contributed by atoms with Crippen LogP contribution in [0.2, 0.25) is 0 Å². The largest absolute Gasteiger partial charge is 0.481 e. The summed E-state index contributed by atoms with van der Waals surface area (Å²) in [5, 5.41) is 14.2. The number of hydrogen-bond donors (Lipinski definition) is 5. The van der Waals surface area contributed by atoms with Crippen molar-refractivity contribution in [2.45, 2.75) is 42.9 Å². The fourth-order valence-electron chi connectivity index (χ4n) is 8.08. The summed E-state index contributed by atoms with van der Waals surface area (Å²) in [5.74, 6) is -2.04. The van der Waals surface area contributed by atoms with Crippen molar-refractivity contribution >= 4 is 54.7 Å². The summed E-state index contributed by atoms with van der Waals surface area (Å²) in [4.78, 5) is 41.5. The predicted octanol–water partition coefficient (Wildman–Crippen LogP) is 3.69. The zero-order valence-electron chi connectivity index (χ0n) is 48.8. The molecule has 29 heteroatoms. The second-order valence-electron chi connectivity index (χ2n) is 18.3. The number of aliphatic carboxylic acids is 1. The van der Waals surface area contributed by atoms with Crippen molar-refractivity contribution < 1.29 is 107 Å². The van der Waals surface area contributed by atoms with Gasteiger partial charge in [0.25, 0.3) is 26.1 Å². The molecule has 0 saturated heterocycles. The molecule has 1 aliphatic carbocycles. The van der Waals surface area contributed by atoms with E-state index in [0.717, 1.165) is 0 Å². The normalized spacial score (nSPS) is 12.2. The third-order valence-electron chi connectivity index (χ3n) is 11.9. The van der Waals surface area contributed by atoms with Gasteiger partial charge in [-0.15, -0.1) is 0 Å². The molecule has 27 nitrogen and oxygen atoms in total. The van der Waals surface area contributed by atoms with E-state index in [1.54, 1.807) is 45.2 Å². The van der Waals surface area contributed by atoms with Gasteiger partial charge in [0, 0.05) is 61.7 Å². The second kappa shape index (κ2) is 41.7. The Labute approximate surface area is 496 Å². The highest BCUT2D eigenvalue weighted by Gasteiger charge is 2.32. The highest BCUT2D eigenvalue weighted by atomic mass is 32.2. The number of ether oxygens (including phenoxy) is 12. The third-order valence-corrected chi connectivity index (χ3v) is 13.8. The minimum Gasteiger partial charge on any atom is -0.481 e. The highest BCUT2D eigenvalue weighted by Crippen LogP contribution is 2.46. The van der Waals surface area contributed by atoms with Crippen LogP contribution in [0.4, 0.5) is 5.69 Å². The molecule has 0 spiro atoms. The molecular weight excluding hydrogens is 1160 g/mol. The molecule has 478 valence electrons. The number of benzene rings is 3. The lowest BCUT2D eigenvalue weighted by atomic mass is 9.90. The molecule has 2 amide bonds. The first-order valence-corrected chi connectivity index (χ1v) is 31.0. The van der Waals surface area contributed by atoms with Crippen LogP contribution >= 0.6 is 0 Å². The third kappa shape index (κ3) is 27.5. The van der Waals surface area contributed by atoms with Crippen molar-refractivity contribution in [2.75, 3.05) is 197 Å². The average molecular weight is 1250 g/mol. The summed E-state index contributed by atoms with van der Waals surface area (Å²) < 4.78 is 144. The number of amides is 2. The molecule has 1 aliphatic heterocycles. The molecule has 2 aliphatic rings. The maximum Gasteiger partial charge on any atom is 0.305 e. The molecule has 0 radical (unpaired) electrons. The van der Waals surface area contributed by atoms with Crippen LogP contribution in [0.25, 0.3) is 33.4 Å². The Hall–Kier alpha value is -5.32. The molecule has 4 rings (SSSR count). The van der Waals surface area contributed by atoms with E-state index in [-0.39, 0.29) is 96.8 Å². The van der Waals surface area contributed by atoms with Crippen LogP contribution in [0.15, 0.2) is 67.7 Å². The molecule has 1 heterocycles. The van der Waals surface area contributed by atoms with Crippen molar-refractivity contribution in [3.05, 3.63) is 59.5 Å². The Balaban J connectivity index is 0.993. The van der Waals surface area contributed by atoms with E-state index in [9.17, 15) is 40.3 Å². The van der Waals surface area contributed by atoms with Gasteiger partial charge in [0.15, 0.2) is 21.1 Å². The zero-order chi connectivity index (χ0) is 61.6. The molecule has 0 saturated carbocycles. The number of carboxylic acids is 1. The zero-order valence-corrected chi connectivity index (χ0v) is 50.4. The highest BCUT2D eigenvalue weighted by molar-refractivity contribution is 7.86. The van der Waals surface area contributed by atoms with E-state index in [1.165, 1.54) is 29.2 Å². The number of carbonyl (C=O) groups excluding carboxylic acids is 2. The lowest BCUT2D eigenvalue weighted by molar-refractivity contribution is -0.138. The molecule has 2 aromatic rings. The Morgan fingerprint density at radius 1 is 0.553 bits per heavy atom. The number of fused-ring (bicyclic) bond motifs is 2. The maximum atomic E-state index is 14.2. The van der Waals surface area contributed by atoms with Gasteiger partial charge in [0.05, 0.1) is 176 Å². The van der Waals surface area contributed by atoms with E-state index in [4.69, 9.17) is 66.4 Å². The first kappa shape index (κ1) is 72.2. The molecule has 0 fully saturated rings. The minimum absolute atomic E-state index is 0.0228. The van der Waals surface area contributed by atoms with Crippen LogP contribution in [0.3, 0.4) is 0 Å². The van der Waals surface area contributed by atoms with Crippen molar-refractivity contribution in [3.8, 4) is 22.5 Å². The number of anilines is 1. The van der Waals surface area contributed by atoms with Crippen molar-refractivity contribution in [1.29, 1.82) is 0 Å². The average Bonchev–Trinajstić information content (AvgIpc) is 1.12. The monoisotopic (exact) mass is 1240 g/mol. The Morgan fingerprint density at radius 3 is 1.44 bits per heavy atom. The van der Waals surface area contributed by atoms with Crippen molar-refractivity contribution in [3.63, 3.8) is 0 Å². The summed E-state index contributed by atoms with van der Waals surface area (Å²) >= 11 is 0. The standard InChI is InChI=1S/C56H84N4O23S2/c1-4-57-47-14-12-45-51(46-13-15-48(58-5-2)55(85(68,69)70)53(46)83-52(45)54(47)84(65,66)67)43-9-6-7-10-44(43)56(64)60(3)18-8-11-49(61)59-17-20-72-22-24-74-26-28-76-30-32-78-34-36-80-38-40-82-42-41-81-39-37-79-35-33-77-31-29-75-27-25-73-23-21-71-19-16-50(62)63/h6-7,9-10,12-15,57H,4-5,8,11,16-42H2,1-3H3,(H,59,61)(H,62,63)(H,65,66,67)(H,68,69,70)/b58-48+. The van der Waals surface area contributed by atoms with Crippen LogP contribution in [0, 0.1) is 0 Å². The van der Waals surface area contributed by atoms with Gasteiger partial charge in [-0.3, -0.25) is 28.5 Å². The first-order chi connectivity index (χ1) is 41.1. The molecule has 0 aromatic heterocycles. The number of nitrogens with zero attached hydrogens (tertiary/aromatic N) is 2. The number of carboxylic acid groups (broad SMARTS) is 1. The summed E-state index contributed by atoms with van der Waals surface area (Å²) in [6.07, 6.45) is 0.393. The van der Waals surface area contributed by atoms with Crippen LogP contribution < -0.4 is 16.0 Å². The minimum atomic E-state index is -5.06. The first-order valence-electron chi connectivity index (χ1n) is 28.1. The maximum absolute atomic E-state index is 14.2. The van der Waals surface area contributed by atoms with Crippen molar-refractivity contribution in [1.82, 2.24) is 10.2 Å². The summed E-state index contributed by atoms with van der Waals surface area (Å²) in [6.45, 7) is 13.7. The summed E-state index contributed by atoms with van der Waals surface area (Å²) in [6, 6.07) is 12.3. The number of carbonyl (C=O) groups is 3. The van der Waals surface area contributed by atoms with Gasteiger partial charge in [-0.25, -0.2) is 0 Å². The van der Waals surface area contributed by atoms with Gasteiger partial charge in [-0.2, -0.15) is 16.8 Å². The number of nitrogens with one attached hydrogen (secondary N) is 2. The second-order valence-corrected chi connectivity index (χ2v) is 21.0. The van der Waals surface area contributed by atoms with E-state index in [1.807, 2.05) is 0 Å². The van der Waals surface area contributed by atoms with Gasteiger partial charge in [-0.1, -0.05) is 18.2 Å². The molecule has 0 bridgehead atoms. The molecule has 0 unspecified atom stereocenters. The van der Waals surface area contributed by atoms with Crippen LogP contribution in [0.1, 0.15) is 43.5 Å². The molecule has 0 atom stereocenters. The van der Waals surface area contributed by atoms with Gasteiger partial charge in [-0.05, 0) is 56.2 Å². The molecule has 2 aromatic carbocycles. The Morgan fingerprint density at radius 2 is 1.00 bits per heavy atom. The van der Waals surface area contributed by atoms with Gasteiger partial charge < -0.3 is 81.9 Å². The van der Waals surface area contributed by atoms with Crippen molar-refractivity contribution in [2.24, 2.45) is 4.99 Å². The lowest BCUT2D eigenvalue weighted by Crippen LogP contribution is -2.31. The topological polar surface area (TPSA) is 344 Å². The summed E-state index contributed by atoms with van der Waals surface area (Å²) in [5.41, 5.74) is 0.231. The van der Waals surface area contributed by atoms with Gasteiger partial charge >= 0.3 is 5.97 Å². The molecule has 85 heavy (non-hydrogen) atoms. The van der Waals surface area contributed by atoms with Crippen LogP contribution in [-0.4, -0.2) is 246 Å². The molecular formula is C56H84N4O23S2. The van der Waals surface area contributed by atoms with E-state index in [2.05, 4.69) is 15.6 Å². The lowest BCUT2D eigenvalue weighted by Gasteiger charge is -2.23. The SMILES string of the molecule is CC/N=c1\ccc2c(-c3ccccc3C(=O)N(C)CCCC(=O)NCCOCCOCCOCCOCCOCCOCCOCCOCCOCCOCCOCCOCCC(=O)O)c3ccc(NCC)c(S(=O)(=O)O)c3oc-2c1S(=O)(=O)O. The van der Waals surface area contributed by atoms with Crippen LogP contribution in [-0.2, 0) is 86.7 Å². The fraction of sp³-hybridized carbons (Fsp3) is 0.607. The Kier molecular flexibility index (Phi) is 35.4. The van der Waals surface area contributed by atoms with Crippen LogP contribution in [0.5, 0.6) is 0 Å². The number of rotatable bonds is 50. The molecule has 5 N–H and O–H groups in total. The number of hydrogen-bond acceptors (Lipinski definition) is 22. The smallest absolute Gasteiger partial charge is 0.305 e. The Bertz CT molecular complexity index is 2860. The van der Waals surface area contributed by atoms with Gasteiger partial charge in [0.2, 0.25) is 5.91 Å². The van der Waals surface area contributed by atoms with Gasteiger partial charge in [0.1, 0.15) is 0 Å². The van der Waals surface area contributed by atoms with E-state index >= 15 is 0 Å². The summed E-state index contributed by atoms with van der Waals surface area (Å²) in [7, 11) is -8.53.